The van der Waals surface area contributed by atoms with Gasteiger partial charge in [-0.3, -0.25) is 0 Å². The first kappa shape index (κ1) is 22.4. The second-order valence-electron chi connectivity index (χ2n) is 8.25. The summed E-state index contributed by atoms with van der Waals surface area (Å²) in [6, 6.07) is 20.3. The molecule has 1 aliphatic carbocycles. The van der Waals surface area contributed by atoms with Crippen molar-refractivity contribution >= 4 is 11.6 Å². The van der Waals surface area contributed by atoms with Crippen molar-refractivity contribution in [2.75, 3.05) is 13.2 Å². The zero-order valence-electron chi connectivity index (χ0n) is 18.5. The van der Waals surface area contributed by atoms with Crippen LogP contribution >= 0.6 is 11.6 Å². The van der Waals surface area contributed by atoms with Gasteiger partial charge in [-0.25, -0.2) is 4.98 Å². The summed E-state index contributed by atoms with van der Waals surface area (Å²) >= 11 is 5.96. The van der Waals surface area contributed by atoms with Gasteiger partial charge in [-0.2, -0.15) is 0 Å². The molecule has 1 unspecified atom stereocenters. The Morgan fingerprint density at radius 3 is 2.41 bits per heavy atom. The number of hydrogen-bond donors (Lipinski definition) is 1. The predicted octanol–water partition coefficient (Wildman–Crippen LogP) is 6.35. The summed E-state index contributed by atoms with van der Waals surface area (Å²) in [6.45, 7) is 4.05. The van der Waals surface area contributed by atoms with E-state index in [-0.39, 0.29) is 0 Å². The van der Waals surface area contributed by atoms with E-state index in [0.717, 1.165) is 58.6 Å². The van der Waals surface area contributed by atoms with Gasteiger partial charge in [0.25, 0.3) is 0 Å². The van der Waals surface area contributed by atoms with E-state index < -0.39 is 0 Å². The summed E-state index contributed by atoms with van der Waals surface area (Å²) in [5.74, 6) is 8.05. The number of rotatable bonds is 9. The van der Waals surface area contributed by atoms with Gasteiger partial charge in [0, 0.05) is 28.4 Å². The molecule has 1 heterocycles. The van der Waals surface area contributed by atoms with Crippen molar-refractivity contribution in [2.45, 2.75) is 38.6 Å². The highest BCUT2D eigenvalue weighted by Gasteiger charge is 2.30. The van der Waals surface area contributed by atoms with Gasteiger partial charge in [-0.05, 0) is 92.1 Å². The molecule has 164 valence electrons. The summed E-state index contributed by atoms with van der Waals surface area (Å²) in [5.41, 5.74) is 3.82. The molecule has 1 fully saturated rings. The van der Waals surface area contributed by atoms with Crippen molar-refractivity contribution in [2.24, 2.45) is 5.92 Å². The van der Waals surface area contributed by atoms with E-state index in [1.54, 1.807) is 0 Å². The first-order chi connectivity index (χ1) is 15.7. The lowest BCUT2D eigenvalue weighted by atomic mass is 10.1. The molecular weight excluding hydrogens is 416 g/mol. The number of halogens is 1. The normalized spacial score (nSPS) is 13.8. The quantitative estimate of drug-likeness (QED) is 0.390. The Morgan fingerprint density at radius 2 is 1.75 bits per heavy atom. The highest BCUT2D eigenvalue weighted by atomic mass is 35.5. The molecular formula is C28H29ClN2O. The van der Waals surface area contributed by atoms with Gasteiger partial charge in [0.2, 0.25) is 0 Å². The highest BCUT2D eigenvalue weighted by molar-refractivity contribution is 6.30. The van der Waals surface area contributed by atoms with Gasteiger partial charge in [0.1, 0.15) is 11.4 Å². The van der Waals surface area contributed by atoms with Gasteiger partial charge < -0.3 is 10.1 Å². The number of ether oxygens (including phenoxy) is 1. The lowest BCUT2D eigenvalue weighted by molar-refractivity contribution is 0.276. The fraction of sp³-hybridized carbons (Fsp3) is 0.321. The maximum absolute atomic E-state index is 5.97. The summed E-state index contributed by atoms with van der Waals surface area (Å²) in [7, 11) is 0. The fourth-order valence-corrected chi connectivity index (χ4v) is 3.81. The molecule has 0 spiro atoms. The van der Waals surface area contributed by atoms with Crippen LogP contribution in [0.1, 0.15) is 43.9 Å². The first-order valence-electron chi connectivity index (χ1n) is 11.4. The number of pyridine rings is 1. The molecule has 1 saturated carbocycles. The maximum atomic E-state index is 5.97. The zero-order valence-corrected chi connectivity index (χ0v) is 19.2. The number of benzene rings is 2. The smallest absolute Gasteiger partial charge is 0.119 e. The average molecular weight is 445 g/mol. The Hall–Kier alpha value is -2.80. The van der Waals surface area contributed by atoms with E-state index in [4.69, 9.17) is 16.3 Å². The summed E-state index contributed by atoms with van der Waals surface area (Å²) in [5, 5.41) is 4.39. The first-order valence-corrected chi connectivity index (χ1v) is 11.8. The topological polar surface area (TPSA) is 34.1 Å². The Morgan fingerprint density at radius 1 is 1.00 bits per heavy atom. The van der Waals surface area contributed by atoms with Crippen molar-refractivity contribution in [3.8, 4) is 28.7 Å². The molecule has 1 atom stereocenters. The van der Waals surface area contributed by atoms with Crippen molar-refractivity contribution in [1.29, 1.82) is 0 Å². The molecule has 3 aromatic rings. The molecule has 4 heteroatoms. The monoisotopic (exact) mass is 444 g/mol. The Kier molecular flexibility index (Phi) is 7.82. The second-order valence-corrected chi connectivity index (χ2v) is 8.69. The van der Waals surface area contributed by atoms with Crippen LogP contribution in [0, 0.1) is 17.8 Å². The third-order valence-corrected chi connectivity index (χ3v) is 5.93. The minimum absolute atomic E-state index is 0.596. The second kappa shape index (κ2) is 11.2. The molecule has 4 rings (SSSR count). The Labute approximate surface area is 196 Å². The van der Waals surface area contributed by atoms with Crippen LogP contribution in [0.25, 0.3) is 11.1 Å². The van der Waals surface area contributed by atoms with Gasteiger partial charge >= 0.3 is 0 Å². The lowest BCUT2D eigenvalue weighted by Gasteiger charge is -2.18. The predicted molar refractivity (Wildman–Crippen MR) is 132 cm³/mol. The van der Waals surface area contributed by atoms with Crippen LogP contribution in [-0.2, 0) is 0 Å². The number of aromatic nitrogens is 1. The molecule has 32 heavy (non-hydrogen) atoms. The van der Waals surface area contributed by atoms with Crippen LogP contribution in [0.15, 0.2) is 66.9 Å². The van der Waals surface area contributed by atoms with Crippen LogP contribution in [0.5, 0.6) is 5.75 Å². The van der Waals surface area contributed by atoms with E-state index in [0.29, 0.717) is 6.04 Å². The van der Waals surface area contributed by atoms with E-state index in [1.807, 2.05) is 66.9 Å². The number of hydrogen-bond acceptors (Lipinski definition) is 3. The van der Waals surface area contributed by atoms with E-state index in [2.05, 4.69) is 29.1 Å². The maximum Gasteiger partial charge on any atom is 0.119 e. The standard InChI is InChI=1S/C28H29ClN2O/c1-2-18-30-28(23-6-7-23)17-19-32-27-15-4-21(5-16-27)3-13-26-14-10-24(20-31-26)22-8-11-25(29)12-9-22/h4-5,8-12,14-16,20,23,28,30H,2,6-7,17-19H2,1H3. The summed E-state index contributed by atoms with van der Waals surface area (Å²) in [6.07, 6.45) is 6.79. The van der Waals surface area contributed by atoms with Gasteiger partial charge in [-0.1, -0.05) is 42.6 Å². The largest absolute Gasteiger partial charge is 0.494 e. The molecule has 3 nitrogen and oxygen atoms in total. The number of nitrogens with one attached hydrogen (secondary N) is 1. The van der Waals surface area contributed by atoms with Crippen LogP contribution in [0.3, 0.4) is 0 Å². The van der Waals surface area contributed by atoms with Crippen molar-refractivity contribution in [3.05, 3.63) is 83.1 Å². The molecule has 1 aliphatic rings. The summed E-state index contributed by atoms with van der Waals surface area (Å²) < 4.78 is 5.97. The molecule has 0 amide bonds. The molecule has 1 aromatic heterocycles. The fourth-order valence-electron chi connectivity index (χ4n) is 3.69. The van der Waals surface area contributed by atoms with Crippen LogP contribution in [0.2, 0.25) is 5.02 Å². The van der Waals surface area contributed by atoms with Crippen LogP contribution in [-0.4, -0.2) is 24.2 Å². The highest BCUT2D eigenvalue weighted by Crippen LogP contribution is 2.34. The zero-order chi connectivity index (χ0) is 22.2. The molecule has 0 radical (unpaired) electrons. The SMILES string of the molecule is CCCNC(CCOc1ccc(C#Cc2ccc(-c3ccc(Cl)cc3)cn2)cc1)C1CC1. The molecule has 0 bridgehead atoms. The van der Waals surface area contributed by atoms with E-state index >= 15 is 0 Å². The summed E-state index contributed by atoms with van der Waals surface area (Å²) in [4.78, 5) is 4.47. The molecule has 1 N–H and O–H groups in total. The molecule has 2 aromatic carbocycles. The average Bonchev–Trinajstić information content (AvgIpc) is 3.67. The third-order valence-electron chi connectivity index (χ3n) is 5.68. The third kappa shape index (κ3) is 6.60. The van der Waals surface area contributed by atoms with Gasteiger partial charge in [0.05, 0.1) is 6.61 Å². The minimum Gasteiger partial charge on any atom is -0.494 e. The van der Waals surface area contributed by atoms with Crippen molar-refractivity contribution < 1.29 is 4.74 Å². The van der Waals surface area contributed by atoms with Crippen molar-refractivity contribution in [3.63, 3.8) is 0 Å². The van der Waals surface area contributed by atoms with E-state index in [1.165, 1.54) is 19.3 Å². The molecule has 0 saturated heterocycles. The van der Waals surface area contributed by atoms with Crippen molar-refractivity contribution in [1.82, 2.24) is 10.3 Å². The van der Waals surface area contributed by atoms with Crippen LogP contribution in [0.4, 0.5) is 0 Å². The lowest BCUT2D eigenvalue weighted by Crippen LogP contribution is -2.33. The molecule has 0 aliphatic heterocycles. The van der Waals surface area contributed by atoms with Gasteiger partial charge in [-0.15, -0.1) is 0 Å². The Balaban J connectivity index is 1.29. The number of nitrogens with zero attached hydrogens (tertiary/aromatic N) is 1. The van der Waals surface area contributed by atoms with Gasteiger partial charge in [0.15, 0.2) is 0 Å². The Bertz CT molecular complexity index is 1050. The van der Waals surface area contributed by atoms with Crippen LogP contribution < -0.4 is 10.1 Å². The van der Waals surface area contributed by atoms with E-state index in [9.17, 15) is 0 Å². The minimum atomic E-state index is 0.596.